The molecule has 0 saturated carbocycles. The van der Waals surface area contributed by atoms with Gasteiger partial charge in [-0.1, -0.05) is 19.4 Å². The van der Waals surface area contributed by atoms with Gasteiger partial charge in [-0.3, -0.25) is 0 Å². The van der Waals surface area contributed by atoms with Gasteiger partial charge < -0.3 is 14.6 Å². The van der Waals surface area contributed by atoms with Crippen LogP contribution in [0.4, 0.5) is 0 Å². The Bertz CT molecular complexity index is 374. The van der Waals surface area contributed by atoms with Crippen LogP contribution in [0.2, 0.25) is 0 Å². The van der Waals surface area contributed by atoms with Gasteiger partial charge in [0.05, 0.1) is 25.4 Å². The van der Waals surface area contributed by atoms with Crippen LogP contribution in [-0.2, 0) is 14.3 Å². The summed E-state index contributed by atoms with van der Waals surface area (Å²) in [6.07, 6.45) is 5.15. The number of aliphatic hydroxyl groups excluding tert-OH is 1. The highest BCUT2D eigenvalue weighted by Crippen LogP contribution is 2.30. The molecule has 0 atom stereocenters. The van der Waals surface area contributed by atoms with Crippen molar-refractivity contribution in [1.29, 1.82) is 0 Å². The standard InChI is InChI=1S/C12H16O4/c1-4-5-8-6-7-9(11(13)15-2)10(8)12(14)16-3/h6-7,13H,4-5H2,1-3H3/b11-9-. The molecule has 0 bridgehead atoms. The van der Waals surface area contributed by atoms with Crippen LogP contribution in [0.5, 0.6) is 0 Å². The Morgan fingerprint density at radius 2 is 2.00 bits per heavy atom. The summed E-state index contributed by atoms with van der Waals surface area (Å²) in [5, 5.41) is 9.52. The van der Waals surface area contributed by atoms with Crippen molar-refractivity contribution in [2.45, 2.75) is 19.8 Å². The zero-order chi connectivity index (χ0) is 12.1. The zero-order valence-electron chi connectivity index (χ0n) is 9.74. The SMILES string of the molecule is CCCC1=C(C(=O)OC)/C(=C(/O)OC)C=C1. The fraction of sp³-hybridized carbons (Fsp3) is 0.417. The number of allylic oxidation sites excluding steroid dienone is 3. The predicted octanol–water partition coefficient (Wildman–Crippen LogP) is 2.24. The highest BCUT2D eigenvalue weighted by atomic mass is 16.6. The van der Waals surface area contributed by atoms with E-state index >= 15 is 0 Å². The Hall–Kier alpha value is -1.71. The lowest BCUT2D eigenvalue weighted by atomic mass is 10.0. The molecule has 88 valence electrons. The molecule has 1 N–H and O–H groups in total. The average molecular weight is 224 g/mol. The van der Waals surface area contributed by atoms with Gasteiger partial charge >= 0.3 is 5.97 Å². The van der Waals surface area contributed by atoms with E-state index < -0.39 is 5.97 Å². The van der Waals surface area contributed by atoms with E-state index in [0.29, 0.717) is 11.1 Å². The summed E-state index contributed by atoms with van der Waals surface area (Å²) in [5.74, 6) is -0.713. The Labute approximate surface area is 94.9 Å². The van der Waals surface area contributed by atoms with Crippen molar-refractivity contribution in [2.75, 3.05) is 14.2 Å². The number of rotatable bonds is 4. The number of hydrogen-bond donors (Lipinski definition) is 1. The van der Waals surface area contributed by atoms with E-state index in [4.69, 9.17) is 9.47 Å². The van der Waals surface area contributed by atoms with Crippen LogP contribution in [0.15, 0.2) is 34.8 Å². The third-order valence-electron chi connectivity index (χ3n) is 2.37. The lowest BCUT2D eigenvalue weighted by molar-refractivity contribution is -0.135. The number of hydrogen-bond acceptors (Lipinski definition) is 4. The molecule has 4 heteroatoms. The number of carbonyl (C=O) groups is 1. The van der Waals surface area contributed by atoms with Crippen molar-refractivity contribution in [1.82, 2.24) is 0 Å². The van der Waals surface area contributed by atoms with E-state index in [1.807, 2.05) is 6.92 Å². The molecule has 0 fully saturated rings. The Balaban J connectivity index is 3.18. The van der Waals surface area contributed by atoms with Crippen LogP contribution in [-0.4, -0.2) is 25.3 Å². The molecule has 0 amide bonds. The number of methoxy groups -OCH3 is 2. The van der Waals surface area contributed by atoms with Crippen molar-refractivity contribution in [3.63, 3.8) is 0 Å². The summed E-state index contributed by atoms with van der Waals surface area (Å²) >= 11 is 0. The average Bonchev–Trinajstić information content (AvgIpc) is 2.71. The summed E-state index contributed by atoms with van der Waals surface area (Å²) in [6, 6.07) is 0. The van der Waals surface area contributed by atoms with Crippen molar-refractivity contribution < 1.29 is 19.4 Å². The molecule has 0 radical (unpaired) electrons. The van der Waals surface area contributed by atoms with Crippen LogP contribution in [0, 0.1) is 0 Å². The molecule has 0 heterocycles. The summed E-state index contributed by atoms with van der Waals surface area (Å²) in [4.78, 5) is 11.6. The highest BCUT2D eigenvalue weighted by molar-refractivity contribution is 5.97. The van der Waals surface area contributed by atoms with E-state index in [9.17, 15) is 9.90 Å². The Morgan fingerprint density at radius 3 is 2.50 bits per heavy atom. The van der Waals surface area contributed by atoms with Gasteiger partial charge in [-0.05, 0) is 18.1 Å². The van der Waals surface area contributed by atoms with Gasteiger partial charge in [-0.25, -0.2) is 4.79 Å². The topological polar surface area (TPSA) is 55.8 Å². The molecule has 4 nitrogen and oxygen atoms in total. The lowest BCUT2D eigenvalue weighted by Crippen LogP contribution is -2.08. The van der Waals surface area contributed by atoms with Gasteiger partial charge in [0.1, 0.15) is 0 Å². The van der Waals surface area contributed by atoms with Gasteiger partial charge in [-0.15, -0.1) is 0 Å². The molecule has 0 aromatic rings. The molecule has 0 aromatic carbocycles. The van der Waals surface area contributed by atoms with E-state index in [1.165, 1.54) is 14.2 Å². The number of aliphatic hydroxyl groups is 1. The minimum absolute atomic E-state index is 0.261. The smallest absolute Gasteiger partial charge is 0.339 e. The van der Waals surface area contributed by atoms with Crippen LogP contribution >= 0.6 is 0 Å². The van der Waals surface area contributed by atoms with Crippen molar-refractivity contribution in [3.05, 3.63) is 34.8 Å². The first-order valence-electron chi connectivity index (χ1n) is 5.12. The second-order valence-electron chi connectivity index (χ2n) is 3.40. The van der Waals surface area contributed by atoms with Crippen molar-refractivity contribution in [2.24, 2.45) is 0 Å². The fourth-order valence-corrected chi connectivity index (χ4v) is 1.63. The molecule has 0 unspecified atom stereocenters. The molecule has 0 saturated heterocycles. The van der Waals surface area contributed by atoms with Gasteiger partial charge in [0.2, 0.25) is 0 Å². The van der Waals surface area contributed by atoms with Gasteiger partial charge in [0, 0.05) is 0 Å². The lowest BCUT2D eigenvalue weighted by Gasteiger charge is -2.07. The van der Waals surface area contributed by atoms with E-state index in [-0.39, 0.29) is 5.95 Å². The molecule has 16 heavy (non-hydrogen) atoms. The minimum atomic E-state index is -0.452. The van der Waals surface area contributed by atoms with Crippen LogP contribution in [0.3, 0.4) is 0 Å². The Kier molecular flexibility index (Phi) is 4.17. The molecule has 1 rings (SSSR count). The summed E-state index contributed by atoms with van der Waals surface area (Å²) in [5.41, 5.74) is 1.65. The molecule has 1 aliphatic carbocycles. The zero-order valence-corrected chi connectivity index (χ0v) is 9.74. The molecular formula is C12H16O4. The predicted molar refractivity (Wildman–Crippen MR) is 59.8 cm³/mol. The van der Waals surface area contributed by atoms with E-state index in [1.54, 1.807) is 12.2 Å². The third-order valence-corrected chi connectivity index (χ3v) is 2.37. The van der Waals surface area contributed by atoms with Crippen LogP contribution < -0.4 is 0 Å². The largest absolute Gasteiger partial charge is 0.481 e. The number of carbonyl (C=O) groups excluding carboxylic acids is 1. The first-order chi connectivity index (χ1) is 7.65. The van der Waals surface area contributed by atoms with Crippen LogP contribution in [0.25, 0.3) is 0 Å². The molecule has 0 aliphatic heterocycles. The van der Waals surface area contributed by atoms with E-state index in [0.717, 1.165) is 18.4 Å². The van der Waals surface area contributed by atoms with Gasteiger partial charge in [0.25, 0.3) is 5.95 Å². The van der Waals surface area contributed by atoms with Crippen molar-refractivity contribution >= 4 is 5.97 Å². The monoisotopic (exact) mass is 224 g/mol. The maximum absolute atomic E-state index is 11.6. The van der Waals surface area contributed by atoms with Gasteiger partial charge in [0.15, 0.2) is 0 Å². The number of esters is 1. The fourth-order valence-electron chi connectivity index (χ4n) is 1.63. The second-order valence-corrected chi connectivity index (χ2v) is 3.40. The normalized spacial score (nSPS) is 17.7. The summed E-state index contributed by atoms with van der Waals surface area (Å²) < 4.78 is 9.43. The first-order valence-corrected chi connectivity index (χ1v) is 5.12. The van der Waals surface area contributed by atoms with Crippen molar-refractivity contribution in [3.8, 4) is 0 Å². The maximum atomic E-state index is 11.6. The summed E-state index contributed by atoms with van der Waals surface area (Å²) in [7, 11) is 2.67. The quantitative estimate of drug-likeness (QED) is 0.587. The molecular weight excluding hydrogens is 208 g/mol. The maximum Gasteiger partial charge on any atom is 0.339 e. The highest BCUT2D eigenvalue weighted by Gasteiger charge is 2.25. The van der Waals surface area contributed by atoms with Crippen LogP contribution in [0.1, 0.15) is 19.8 Å². The minimum Gasteiger partial charge on any atom is -0.481 e. The summed E-state index contributed by atoms with van der Waals surface area (Å²) in [6.45, 7) is 2.02. The third kappa shape index (κ3) is 2.27. The molecule has 0 aromatic heterocycles. The number of ether oxygens (including phenoxy) is 2. The molecule has 0 spiro atoms. The Morgan fingerprint density at radius 1 is 1.31 bits per heavy atom. The second kappa shape index (κ2) is 5.39. The van der Waals surface area contributed by atoms with E-state index in [2.05, 4.69) is 0 Å². The van der Waals surface area contributed by atoms with Gasteiger partial charge in [-0.2, -0.15) is 0 Å². The first kappa shape index (κ1) is 12.4. The molecule has 1 aliphatic rings.